The summed E-state index contributed by atoms with van der Waals surface area (Å²) in [6.45, 7) is 0.809. The van der Waals surface area contributed by atoms with Crippen LogP contribution in [0.3, 0.4) is 0 Å². The zero-order chi connectivity index (χ0) is 12.1. The van der Waals surface area contributed by atoms with E-state index in [2.05, 4.69) is 10.4 Å². The molecule has 0 aliphatic carbocycles. The molecule has 0 radical (unpaired) electrons. The van der Waals surface area contributed by atoms with Crippen molar-refractivity contribution in [3.8, 4) is 0 Å². The third-order valence-electron chi connectivity index (χ3n) is 3.10. The normalized spacial score (nSPS) is 22.4. The number of hydrogen-bond acceptors (Lipinski definition) is 4. The van der Waals surface area contributed by atoms with Crippen LogP contribution in [-0.2, 0) is 4.74 Å². The molecule has 4 nitrogen and oxygen atoms in total. The van der Waals surface area contributed by atoms with Gasteiger partial charge in [-0.3, -0.25) is 16.3 Å². The van der Waals surface area contributed by atoms with Crippen LogP contribution in [0.25, 0.3) is 0 Å². The summed E-state index contributed by atoms with van der Waals surface area (Å²) in [5.74, 6) is 5.18. The summed E-state index contributed by atoms with van der Waals surface area (Å²) >= 11 is 0. The number of aromatic nitrogens is 1. The lowest BCUT2D eigenvalue weighted by Gasteiger charge is -2.26. The Balaban J connectivity index is 2.00. The van der Waals surface area contributed by atoms with Crippen LogP contribution in [0.2, 0.25) is 0 Å². The van der Waals surface area contributed by atoms with E-state index < -0.39 is 0 Å². The molecule has 5 heteroatoms. The summed E-state index contributed by atoms with van der Waals surface area (Å²) in [5, 5.41) is 0. The van der Waals surface area contributed by atoms with E-state index in [0.717, 1.165) is 31.4 Å². The van der Waals surface area contributed by atoms with Crippen LogP contribution in [0.1, 0.15) is 37.3 Å². The number of nitrogens with zero attached hydrogens (tertiary/aromatic N) is 1. The summed E-state index contributed by atoms with van der Waals surface area (Å²) < 4.78 is 18.7. The standard InChI is InChI=1S/C12H18FN3O/c13-10-5-9(7-15-8-10)12(16-14)6-11-3-1-2-4-17-11/h5,7-8,11-12,16H,1-4,6,14H2. The van der Waals surface area contributed by atoms with Crippen LogP contribution in [0, 0.1) is 5.82 Å². The molecule has 1 aliphatic heterocycles. The van der Waals surface area contributed by atoms with Gasteiger partial charge in [0.05, 0.1) is 18.3 Å². The Kier molecular flexibility index (Phi) is 4.42. The highest BCUT2D eigenvalue weighted by Crippen LogP contribution is 2.24. The van der Waals surface area contributed by atoms with E-state index in [4.69, 9.17) is 10.6 Å². The van der Waals surface area contributed by atoms with E-state index in [-0.39, 0.29) is 18.0 Å². The fraction of sp³-hybridized carbons (Fsp3) is 0.583. The van der Waals surface area contributed by atoms with E-state index in [1.165, 1.54) is 18.7 Å². The topological polar surface area (TPSA) is 60.2 Å². The molecule has 0 spiro atoms. The molecular weight excluding hydrogens is 221 g/mol. The lowest BCUT2D eigenvalue weighted by molar-refractivity contribution is 0.00498. The Labute approximate surface area is 100 Å². The summed E-state index contributed by atoms with van der Waals surface area (Å²) in [6, 6.07) is 1.35. The number of halogens is 1. The van der Waals surface area contributed by atoms with Gasteiger partial charge in [-0.05, 0) is 37.3 Å². The second-order valence-electron chi connectivity index (χ2n) is 4.38. The Morgan fingerprint density at radius 1 is 1.53 bits per heavy atom. The van der Waals surface area contributed by atoms with Crippen molar-refractivity contribution >= 4 is 0 Å². The van der Waals surface area contributed by atoms with Gasteiger partial charge in [-0.25, -0.2) is 4.39 Å². The number of nitrogens with one attached hydrogen (secondary N) is 1. The minimum absolute atomic E-state index is 0.110. The van der Waals surface area contributed by atoms with Crippen molar-refractivity contribution in [3.05, 3.63) is 29.8 Å². The smallest absolute Gasteiger partial charge is 0.141 e. The molecule has 1 aliphatic rings. The van der Waals surface area contributed by atoms with Gasteiger partial charge in [-0.2, -0.15) is 0 Å². The molecule has 0 aromatic carbocycles. The van der Waals surface area contributed by atoms with Crippen LogP contribution in [-0.4, -0.2) is 17.7 Å². The molecule has 1 aromatic rings. The van der Waals surface area contributed by atoms with E-state index in [1.54, 1.807) is 6.20 Å². The first-order chi connectivity index (χ1) is 8.29. The highest BCUT2D eigenvalue weighted by Gasteiger charge is 2.20. The molecule has 2 unspecified atom stereocenters. The molecule has 0 bridgehead atoms. The van der Waals surface area contributed by atoms with Gasteiger partial charge in [-0.15, -0.1) is 0 Å². The molecule has 0 saturated carbocycles. The van der Waals surface area contributed by atoms with Crippen molar-refractivity contribution in [3.63, 3.8) is 0 Å². The first-order valence-corrected chi connectivity index (χ1v) is 5.98. The van der Waals surface area contributed by atoms with Gasteiger partial charge in [-0.1, -0.05) is 0 Å². The maximum Gasteiger partial charge on any atom is 0.141 e. The predicted octanol–water partition coefficient (Wildman–Crippen LogP) is 1.68. The van der Waals surface area contributed by atoms with E-state index >= 15 is 0 Å². The Bertz CT molecular complexity index is 355. The lowest BCUT2D eigenvalue weighted by atomic mass is 9.98. The van der Waals surface area contributed by atoms with E-state index in [0.29, 0.717) is 0 Å². The maximum atomic E-state index is 13.1. The monoisotopic (exact) mass is 239 g/mol. The van der Waals surface area contributed by atoms with E-state index in [9.17, 15) is 4.39 Å². The molecule has 94 valence electrons. The molecule has 1 saturated heterocycles. The third-order valence-corrected chi connectivity index (χ3v) is 3.10. The van der Waals surface area contributed by atoms with Gasteiger partial charge in [0.2, 0.25) is 0 Å². The highest BCUT2D eigenvalue weighted by atomic mass is 19.1. The van der Waals surface area contributed by atoms with Crippen LogP contribution in [0.5, 0.6) is 0 Å². The molecule has 1 aromatic heterocycles. The molecule has 1 fully saturated rings. The molecule has 17 heavy (non-hydrogen) atoms. The fourth-order valence-corrected chi connectivity index (χ4v) is 2.18. The van der Waals surface area contributed by atoms with Gasteiger partial charge in [0, 0.05) is 12.8 Å². The van der Waals surface area contributed by atoms with Crippen molar-refractivity contribution in [2.75, 3.05) is 6.61 Å². The Morgan fingerprint density at radius 2 is 2.41 bits per heavy atom. The zero-order valence-electron chi connectivity index (χ0n) is 9.73. The van der Waals surface area contributed by atoms with Gasteiger partial charge in [0.1, 0.15) is 5.82 Å². The molecule has 2 atom stereocenters. The zero-order valence-corrected chi connectivity index (χ0v) is 9.73. The van der Waals surface area contributed by atoms with Crippen LogP contribution < -0.4 is 11.3 Å². The Hall–Kier alpha value is -1.04. The lowest BCUT2D eigenvalue weighted by Crippen LogP contribution is -2.33. The Morgan fingerprint density at radius 3 is 3.06 bits per heavy atom. The van der Waals surface area contributed by atoms with Gasteiger partial charge in [0.25, 0.3) is 0 Å². The van der Waals surface area contributed by atoms with Gasteiger partial charge in [0.15, 0.2) is 0 Å². The first-order valence-electron chi connectivity index (χ1n) is 5.98. The quantitative estimate of drug-likeness (QED) is 0.620. The van der Waals surface area contributed by atoms with Crippen molar-refractivity contribution < 1.29 is 9.13 Å². The number of rotatable bonds is 4. The molecule has 2 heterocycles. The summed E-state index contributed by atoms with van der Waals surface area (Å²) in [5.41, 5.74) is 3.47. The second-order valence-corrected chi connectivity index (χ2v) is 4.38. The summed E-state index contributed by atoms with van der Waals surface area (Å²) in [4.78, 5) is 3.83. The molecule has 3 N–H and O–H groups in total. The maximum absolute atomic E-state index is 13.1. The summed E-state index contributed by atoms with van der Waals surface area (Å²) in [6.07, 6.45) is 7.13. The van der Waals surface area contributed by atoms with Gasteiger partial charge >= 0.3 is 0 Å². The SMILES string of the molecule is NNC(CC1CCCCO1)c1cncc(F)c1. The molecule has 2 rings (SSSR count). The minimum Gasteiger partial charge on any atom is -0.378 e. The van der Waals surface area contributed by atoms with Crippen molar-refractivity contribution in [2.24, 2.45) is 5.84 Å². The predicted molar refractivity (Wildman–Crippen MR) is 62.5 cm³/mol. The van der Waals surface area contributed by atoms with Gasteiger partial charge < -0.3 is 4.74 Å². The van der Waals surface area contributed by atoms with Crippen molar-refractivity contribution in [1.29, 1.82) is 0 Å². The molecule has 0 amide bonds. The fourth-order valence-electron chi connectivity index (χ4n) is 2.18. The number of nitrogens with two attached hydrogens (primary N) is 1. The average molecular weight is 239 g/mol. The number of hydrazine groups is 1. The number of ether oxygens (including phenoxy) is 1. The second kappa shape index (κ2) is 6.05. The minimum atomic E-state index is -0.340. The largest absolute Gasteiger partial charge is 0.378 e. The van der Waals surface area contributed by atoms with Crippen molar-refractivity contribution in [1.82, 2.24) is 10.4 Å². The summed E-state index contributed by atoms with van der Waals surface area (Å²) in [7, 11) is 0. The third kappa shape index (κ3) is 3.46. The van der Waals surface area contributed by atoms with Crippen LogP contribution in [0.4, 0.5) is 4.39 Å². The van der Waals surface area contributed by atoms with Crippen LogP contribution in [0.15, 0.2) is 18.5 Å². The first kappa shape index (κ1) is 12.4. The molecular formula is C12H18FN3O. The van der Waals surface area contributed by atoms with Crippen LogP contribution >= 0.6 is 0 Å². The highest BCUT2D eigenvalue weighted by molar-refractivity contribution is 5.15. The average Bonchev–Trinajstić information content (AvgIpc) is 2.37. The number of pyridine rings is 1. The van der Waals surface area contributed by atoms with Crippen molar-refractivity contribution in [2.45, 2.75) is 37.8 Å². The number of hydrogen-bond donors (Lipinski definition) is 2. The van der Waals surface area contributed by atoms with E-state index in [1.807, 2.05) is 0 Å².